The van der Waals surface area contributed by atoms with Gasteiger partial charge in [0.2, 0.25) is 5.95 Å². The van der Waals surface area contributed by atoms with Crippen molar-refractivity contribution in [2.75, 3.05) is 5.32 Å². The molecule has 4 rings (SSSR count). The van der Waals surface area contributed by atoms with Crippen molar-refractivity contribution in [2.45, 2.75) is 13.8 Å². The maximum atomic E-state index is 11.1. The summed E-state index contributed by atoms with van der Waals surface area (Å²) in [5, 5.41) is 15.1. The molecule has 0 unspecified atom stereocenters. The van der Waals surface area contributed by atoms with Gasteiger partial charge in [-0.3, -0.25) is 15.1 Å². The summed E-state index contributed by atoms with van der Waals surface area (Å²) in [6.07, 6.45) is 3.33. The van der Waals surface area contributed by atoms with E-state index in [-0.39, 0.29) is 10.8 Å². The number of hydrogen-bond donors (Lipinski definition) is 1. The van der Waals surface area contributed by atoms with Gasteiger partial charge < -0.3 is 5.32 Å². The fourth-order valence-corrected chi connectivity index (χ4v) is 3.11. The van der Waals surface area contributed by atoms with Crippen molar-refractivity contribution < 1.29 is 4.92 Å². The largest absolute Gasteiger partial charge is 0.323 e. The number of pyridine rings is 2. The summed E-state index contributed by atoms with van der Waals surface area (Å²) in [6.45, 7) is 3.76. The van der Waals surface area contributed by atoms with Gasteiger partial charge in [0.1, 0.15) is 5.52 Å². The monoisotopic (exact) mass is 406 g/mol. The van der Waals surface area contributed by atoms with E-state index in [0.29, 0.717) is 28.1 Å². The zero-order chi connectivity index (χ0) is 20.5. The molecule has 0 fully saturated rings. The maximum absolute atomic E-state index is 11.1. The number of benzene rings is 1. The zero-order valence-electron chi connectivity index (χ0n) is 15.5. The van der Waals surface area contributed by atoms with E-state index >= 15 is 0 Å². The quantitative estimate of drug-likeness (QED) is 0.288. The van der Waals surface area contributed by atoms with Crippen LogP contribution in [0.4, 0.5) is 17.3 Å². The Bertz CT molecular complexity index is 1240. The van der Waals surface area contributed by atoms with Crippen molar-refractivity contribution in [2.24, 2.45) is 0 Å². The smallest absolute Gasteiger partial charge is 0.270 e. The molecule has 0 saturated heterocycles. The van der Waals surface area contributed by atoms with Crippen LogP contribution in [0.5, 0.6) is 0 Å². The van der Waals surface area contributed by atoms with Gasteiger partial charge in [-0.25, -0.2) is 15.0 Å². The normalized spacial score (nSPS) is 10.9. The standard InChI is InChI=1S/C20H15ClN6O2/c1-11-3-6-15(27(28)29)8-16(11)17-7-13-9-23-20(26-18(13)19(21)25-17)24-14-5-4-12(2)22-10-14/h3-10H,1-2H3,(H,23,24,26). The number of halogens is 1. The highest BCUT2D eigenvalue weighted by Gasteiger charge is 2.14. The molecular weight excluding hydrogens is 392 g/mol. The van der Waals surface area contributed by atoms with Crippen LogP contribution in [0.2, 0.25) is 5.15 Å². The van der Waals surface area contributed by atoms with Crippen molar-refractivity contribution >= 4 is 39.8 Å². The average Bonchev–Trinajstić information content (AvgIpc) is 2.70. The van der Waals surface area contributed by atoms with Crippen molar-refractivity contribution in [1.82, 2.24) is 19.9 Å². The Kier molecular flexibility index (Phi) is 4.77. The lowest BCUT2D eigenvalue weighted by molar-refractivity contribution is -0.384. The second-order valence-corrected chi connectivity index (χ2v) is 6.86. The third kappa shape index (κ3) is 3.83. The van der Waals surface area contributed by atoms with Gasteiger partial charge in [-0.05, 0) is 37.6 Å². The van der Waals surface area contributed by atoms with E-state index in [1.807, 2.05) is 26.0 Å². The minimum Gasteiger partial charge on any atom is -0.323 e. The molecule has 0 aliphatic heterocycles. The van der Waals surface area contributed by atoms with Crippen LogP contribution in [0.25, 0.3) is 22.2 Å². The molecule has 9 heteroatoms. The molecule has 1 N–H and O–H groups in total. The van der Waals surface area contributed by atoms with Crippen LogP contribution in [0, 0.1) is 24.0 Å². The van der Waals surface area contributed by atoms with E-state index in [9.17, 15) is 10.1 Å². The van der Waals surface area contributed by atoms with E-state index in [2.05, 4.69) is 25.3 Å². The summed E-state index contributed by atoms with van der Waals surface area (Å²) >= 11 is 6.39. The lowest BCUT2D eigenvalue weighted by atomic mass is 10.0. The number of rotatable bonds is 4. The number of non-ortho nitro benzene ring substituents is 1. The fraction of sp³-hybridized carbons (Fsp3) is 0.100. The van der Waals surface area contributed by atoms with Crippen LogP contribution >= 0.6 is 11.6 Å². The van der Waals surface area contributed by atoms with Crippen LogP contribution in [0.15, 0.2) is 48.8 Å². The molecule has 4 aromatic rings. The second kappa shape index (κ2) is 7.40. The molecule has 0 radical (unpaired) electrons. The lowest BCUT2D eigenvalue weighted by Crippen LogP contribution is -1.99. The van der Waals surface area contributed by atoms with E-state index < -0.39 is 4.92 Å². The molecule has 3 heterocycles. The molecule has 1 aromatic carbocycles. The van der Waals surface area contributed by atoms with Gasteiger partial charge in [0, 0.05) is 35.0 Å². The lowest BCUT2D eigenvalue weighted by Gasteiger charge is -2.09. The number of fused-ring (bicyclic) bond motifs is 1. The molecule has 3 aromatic heterocycles. The number of hydrogen-bond acceptors (Lipinski definition) is 7. The first-order chi connectivity index (χ1) is 13.9. The average molecular weight is 407 g/mol. The number of aromatic nitrogens is 4. The minimum absolute atomic E-state index is 0.00822. The van der Waals surface area contributed by atoms with Crippen molar-refractivity contribution in [3.05, 3.63) is 75.3 Å². The molecule has 0 spiro atoms. The minimum atomic E-state index is -0.438. The van der Waals surface area contributed by atoms with Gasteiger partial charge in [0.05, 0.1) is 22.5 Å². The second-order valence-electron chi connectivity index (χ2n) is 6.50. The molecule has 29 heavy (non-hydrogen) atoms. The van der Waals surface area contributed by atoms with Crippen molar-refractivity contribution in [3.63, 3.8) is 0 Å². The first-order valence-electron chi connectivity index (χ1n) is 8.69. The first-order valence-corrected chi connectivity index (χ1v) is 9.07. The highest BCUT2D eigenvalue weighted by molar-refractivity contribution is 6.34. The summed E-state index contributed by atoms with van der Waals surface area (Å²) in [6, 6.07) is 10.2. The summed E-state index contributed by atoms with van der Waals surface area (Å²) in [7, 11) is 0. The number of aryl methyl sites for hydroxylation is 2. The Balaban J connectivity index is 1.74. The summed E-state index contributed by atoms with van der Waals surface area (Å²) in [5.41, 5.74) is 4.15. The van der Waals surface area contributed by atoms with Crippen LogP contribution in [-0.4, -0.2) is 24.9 Å². The number of nitro benzene ring substituents is 1. The molecule has 144 valence electrons. The SMILES string of the molecule is Cc1ccc(Nc2ncc3cc(-c4cc([N+](=O)[O-])ccc4C)nc(Cl)c3n2)cn1. The van der Waals surface area contributed by atoms with E-state index in [0.717, 1.165) is 16.9 Å². The predicted molar refractivity (Wildman–Crippen MR) is 111 cm³/mol. The number of nitro groups is 1. The Hall–Kier alpha value is -3.65. The Morgan fingerprint density at radius 1 is 1.03 bits per heavy atom. The predicted octanol–water partition coefficient (Wildman–Crippen LogP) is 5.01. The molecule has 0 atom stereocenters. The molecule has 0 bridgehead atoms. The van der Waals surface area contributed by atoms with Gasteiger partial charge in [0.25, 0.3) is 5.69 Å². The van der Waals surface area contributed by atoms with Crippen molar-refractivity contribution in [3.8, 4) is 11.3 Å². The van der Waals surface area contributed by atoms with Gasteiger partial charge in [0.15, 0.2) is 5.15 Å². The van der Waals surface area contributed by atoms with E-state index in [1.165, 1.54) is 12.1 Å². The zero-order valence-corrected chi connectivity index (χ0v) is 16.3. The van der Waals surface area contributed by atoms with Crippen LogP contribution in [0.1, 0.15) is 11.3 Å². The van der Waals surface area contributed by atoms with E-state index in [4.69, 9.17) is 11.6 Å². The Labute approximate surface area is 170 Å². The number of anilines is 2. The number of nitrogens with one attached hydrogen (secondary N) is 1. The fourth-order valence-electron chi connectivity index (χ4n) is 2.87. The summed E-state index contributed by atoms with van der Waals surface area (Å²) in [4.78, 5) is 28.1. The Morgan fingerprint density at radius 2 is 1.86 bits per heavy atom. The van der Waals surface area contributed by atoms with Crippen LogP contribution in [-0.2, 0) is 0 Å². The maximum Gasteiger partial charge on any atom is 0.270 e. The van der Waals surface area contributed by atoms with Gasteiger partial charge in [-0.1, -0.05) is 17.7 Å². The molecule has 0 amide bonds. The molecule has 0 aliphatic carbocycles. The van der Waals surface area contributed by atoms with Gasteiger partial charge >= 0.3 is 0 Å². The van der Waals surface area contributed by atoms with Gasteiger partial charge in [-0.2, -0.15) is 0 Å². The molecule has 0 aliphatic rings. The summed E-state index contributed by atoms with van der Waals surface area (Å²) in [5.74, 6) is 0.367. The van der Waals surface area contributed by atoms with Crippen LogP contribution < -0.4 is 5.32 Å². The van der Waals surface area contributed by atoms with Crippen molar-refractivity contribution in [1.29, 1.82) is 0 Å². The highest BCUT2D eigenvalue weighted by Crippen LogP contribution is 2.31. The Morgan fingerprint density at radius 3 is 2.59 bits per heavy atom. The highest BCUT2D eigenvalue weighted by atomic mass is 35.5. The van der Waals surface area contributed by atoms with Crippen LogP contribution in [0.3, 0.4) is 0 Å². The number of nitrogens with zero attached hydrogens (tertiary/aromatic N) is 5. The topological polar surface area (TPSA) is 107 Å². The molecule has 0 saturated carbocycles. The third-order valence-electron chi connectivity index (χ3n) is 4.40. The first kappa shape index (κ1) is 18.7. The molecular formula is C20H15ClN6O2. The molecule has 8 nitrogen and oxygen atoms in total. The van der Waals surface area contributed by atoms with Gasteiger partial charge in [-0.15, -0.1) is 0 Å². The third-order valence-corrected chi connectivity index (χ3v) is 4.66. The van der Waals surface area contributed by atoms with E-state index in [1.54, 1.807) is 24.5 Å². The summed E-state index contributed by atoms with van der Waals surface area (Å²) < 4.78 is 0.